The van der Waals surface area contributed by atoms with Gasteiger partial charge >= 0.3 is 0 Å². The first-order chi connectivity index (χ1) is 8.44. The highest BCUT2D eigenvalue weighted by Crippen LogP contribution is 2.19. The van der Waals surface area contributed by atoms with Gasteiger partial charge in [-0.2, -0.15) is 0 Å². The van der Waals surface area contributed by atoms with Gasteiger partial charge in [-0.3, -0.25) is 4.79 Å². The smallest absolute Gasteiger partial charge is 0.153 e. The number of carbonyl (C=O) groups is 1. The molecule has 0 aromatic carbocycles. The average molecular weight is 248 g/mol. The van der Waals surface area contributed by atoms with Crippen molar-refractivity contribution >= 4 is 17.4 Å². The lowest BCUT2D eigenvalue weighted by molar-refractivity contribution is -0.116. The molecule has 1 aromatic heterocycles. The summed E-state index contributed by atoms with van der Waals surface area (Å²) in [6.07, 6.45) is 2.16. The summed E-state index contributed by atoms with van der Waals surface area (Å²) < 4.78 is 0. The van der Waals surface area contributed by atoms with E-state index >= 15 is 0 Å². The first kappa shape index (κ1) is 12.8. The van der Waals surface area contributed by atoms with Crippen molar-refractivity contribution in [1.82, 2.24) is 9.97 Å². The van der Waals surface area contributed by atoms with Gasteiger partial charge in [0.2, 0.25) is 0 Å². The fourth-order valence-electron chi connectivity index (χ4n) is 1.80. The van der Waals surface area contributed by atoms with E-state index in [1.54, 1.807) is 6.33 Å². The Hall–Kier alpha value is -1.65. The number of ketones is 1. The van der Waals surface area contributed by atoms with Crippen LogP contribution >= 0.6 is 0 Å². The van der Waals surface area contributed by atoms with Crippen molar-refractivity contribution in [2.24, 2.45) is 5.41 Å². The lowest BCUT2D eigenvalue weighted by Gasteiger charge is -2.20. The fourth-order valence-corrected chi connectivity index (χ4v) is 1.80. The van der Waals surface area contributed by atoms with Crippen molar-refractivity contribution < 1.29 is 4.79 Å². The van der Waals surface area contributed by atoms with Crippen LogP contribution in [-0.4, -0.2) is 35.4 Å². The molecule has 1 N–H and O–H groups in total. The minimum Gasteiger partial charge on any atom is -0.369 e. The second kappa shape index (κ2) is 4.92. The maximum Gasteiger partial charge on any atom is 0.153 e. The Morgan fingerprint density at radius 2 is 2.17 bits per heavy atom. The molecule has 0 spiro atoms. The quantitative estimate of drug-likeness (QED) is 0.882. The number of aromatic nitrogens is 2. The zero-order valence-corrected chi connectivity index (χ0v) is 11.2. The second-order valence-electron chi connectivity index (χ2n) is 5.89. The fraction of sp³-hybridized carbons (Fsp3) is 0.615. The third kappa shape index (κ3) is 3.42. The molecule has 0 saturated carbocycles. The molecule has 0 aliphatic carbocycles. The number of hydrogen-bond donors (Lipinski definition) is 1. The van der Waals surface area contributed by atoms with Crippen LogP contribution in [0.25, 0.3) is 0 Å². The average Bonchev–Trinajstić information content (AvgIpc) is 2.73. The Balaban J connectivity index is 2.03. The zero-order chi connectivity index (χ0) is 13.2. The summed E-state index contributed by atoms with van der Waals surface area (Å²) in [5.74, 6) is 1.92. The lowest BCUT2D eigenvalue weighted by atomic mass is 9.97. The molecule has 98 valence electrons. The van der Waals surface area contributed by atoms with Crippen LogP contribution in [0.3, 0.4) is 0 Å². The number of nitrogens with one attached hydrogen (secondary N) is 1. The van der Waals surface area contributed by atoms with Gasteiger partial charge in [0.25, 0.3) is 0 Å². The van der Waals surface area contributed by atoms with E-state index in [4.69, 9.17) is 0 Å². The number of Topliss-reactive ketones (excluding diaryl/α,β-unsaturated/α-hetero) is 1. The van der Waals surface area contributed by atoms with E-state index < -0.39 is 0 Å². The molecule has 0 atom stereocenters. The van der Waals surface area contributed by atoms with Crippen LogP contribution in [0.4, 0.5) is 11.6 Å². The molecule has 5 heteroatoms. The van der Waals surface area contributed by atoms with E-state index in [1.165, 1.54) is 0 Å². The van der Waals surface area contributed by atoms with Crippen molar-refractivity contribution in [2.75, 3.05) is 29.9 Å². The monoisotopic (exact) mass is 248 g/mol. The van der Waals surface area contributed by atoms with Crippen LogP contribution in [0, 0.1) is 5.41 Å². The molecule has 0 unspecified atom stereocenters. The molecule has 2 heterocycles. The lowest BCUT2D eigenvalue weighted by Crippen LogP contribution is -2.22. The largest absolute Gasteiger partial charge is 0.369 e. The Morgan fingerprint density at radius 3 is 2.78 bits per heavy atom. The van der Waals surface area contributed by atoms with Gasteiger partial charge in [-0.05, 0) is 5.41 Å². The third-order valence-corrected chi connectivity index (χ3v) is 2.80. The highest BCUT2D eigenvalue weighted by molar-refractivity contribution is 5.86. The predicted molar refractivity (Wildman–Crippen MR) is 71.8 cm³/mol. The Kier molecular flexibility index (Phi) is 3.50. The zero-order valence-electron chi connectivity index (χ0n) is 11.2. The maximum atomic E-state index is 11.3. The Bertz CT molecular complexity index is 439. The molecule has 18 heavy (non-hydrogen) atoms. The first-order valence-corrected chi connectivity index (χ1v) is 6.27. The van der Waals surface area contributed by atoms with Gasteiger partial charge in [0.05, 0.1) is 6.54 Å². The van der Waals surface area contributed by atoms with Gasteiger partial charge < -0.3 is 10.2 Å². The molecule has 1 aliphatic heterocycles. The minimum atomic E-state index is 0.203. The van der Waals surface area contributed by atoms with Crippen molar-refractivity contribution in [1.29, 1.82) is 0 Å². The Labute approximate surface area is 108 Å². The summed E-state index contributed by atoms with van der Waals surface area (Å²) in [6.45, 7) is 8.58. The molecule has 2 rings (SSSR count). The summed E-state index contributed by atoms with van der Waals surface area (Å²) in [4.78, 5) is 21.7. The molecule has 0 radical (unpaired) electrons. The number of hydrogen-bond acceptors (Lipinski definition) is 5. The van der Waals surface area contributed by atoms with E-state index in [-0.39, 0.29) is 11.2 Å². The summed E-state index contributed by atoms with van der Waals surface area (Å²) in [5, 5.41) is 3.30. The minimum absolute atomic E-state index is 0.203. The van der Waals surface area contributed by atoms with Crippen molar-refractivity contribution in [3.63, 3.8) is 0 Å². The standard InChI is InChI=1S/C13H20N4O/c1-13(2,3)8-14-11-6-12(16-9-15-11)17-5-4-10(18)7-17/h6,9H,4-5,7-8H2,1-3H3,(H,14,15,16). The summed E-state index contributed by atoms with van der Waals surface area (Å²) >= 11 is 0. The van der Waals surface area contributed by atoms with Gasteiger partial charge in [-0.25, -0.2) is 9.97 Å². The van der Waals surface area contributed by atoms with E-state index in [2.05, 4.69) is 36.1 Å². The molecular formula is C13H20N4O. The normalized spacial score (nSPS) is 16.2. The molecule has 0 bridgehead atoms. The van der Waals surface area contributed by atoms with Crippen LogP contribution in [0.1, 0.15) is 27.2 Å². The van der Waals surface area contributed by atoms with Crippen molar-refractivity contribution in [3.8, 4) is 0 Å². The number of nitrogens with zero attached hydrogens (tertiary/aromatic N) is 3. The van der Waals surface area contributed by atoms with Gasteiger partial charge in [0.15, 0.2) is 5.78 Å². The summed E-state index contributed by atoms with van der Waals surface area (Å²) in [6, 6.07) is 1.91. The van der Waals surface area contributed by atoms with Gasteiger partial charge in [-0.1, -0.05) is 20.8 Å². The van der Waals surface area contributed by atoms with E-state index in [9.17, 15) is 4.79 Å². The van der Waals surface area contributed by atoms with Crippen LogP contribution in [0.15, 0.2) is 12.4 Å². The number of anilines is 2. The second-order valence-corrected chi connectivity index (χ2v) is 5.89. The van der Waals surface area contributed by atoms with Crippen LogP contribution in [0.5, 0.6) is 0 Å². The van der Waals surface area contributed by atoms with Gasteiger partial charge in [0, 0.05) is 25.6 Å². The van der Waals surface area contributed by atoms with Gasteiger partial charge in [0.1, 0.15) is 18.0 Å². The van der Waals surface area contributed by atoms with Gasteiger partial charge in [-0.15, -0.1) is 0 Å². The van der Waals surface area contributed by atoms with Crippen LogP contribution in [-0.2, 0) is 4.79 Å². The van der Waals surface area contributed by atoms with Crippen LogP contribution < -0.4 is 10.2 Å². The molecule has 1 saturated heterocycles. The molecule has 1 aromatic rings. The van der Waals surface area contributed by atoms with E-state index in [0.29, 0.717) is 13.0 Å². The maximum absolute atomic E-state index is 11.3. The molecule has 0 amide bonds. The van der Waals surface area contributed by atoms with E-state index in [1.807, 2.05) is 11.0 Å². The molecule has 5 nitrogen and oxygen atoms in total. The number of rotatable bonds is 3. The SMILES string of the molecule is CC(C)(C)CNc1cc(N2CCC(=O)C2)ncn1. The van der Waals surface area contributed by atoms with Crippen LogP contribution in [0.2, 0.25) is 0 Å². The first-order valence-electron chi connectivity index (χ1n) is 6.27. The predicted octanol–water partition coefficient (Wildman–Crippen LogP) is 1.71. The van der Waals surface area contributed by atoms with Crippen molar-refractivity contribution in [2.45, 2.75) is 27.2 Å². The Morgan fingerprint density at radius 1 is 1.39 bits per heavy atom. The topological polar surface area (TPSA) is 58.1 Å². The third-order valence-electron chi connectivity index (χ3n) is 2.80. The number of carbonyl (C=O) groups excluding carboxylic acids is 1. The van der Waals surface area contributed by atoms with Crippen molar-refractivity contribution in [3.05, 3.63) is 12.4 Å². The molecule has 1 aliphatic rings. The highest BCUT2D eigenvalue weighted by Gasteiger charge is 2.20. The molecule has 1 fully saturated rings. The summed E-state index contributed by atoms with van der Waals surface area (Å²) in [5.41, 5.74) is 0.203. The molecular weight excluding hydrogens is 228 g/mol. The highest BCUT2D eigenvalue weighted by atomic mass is 16.1. The van der Waals surface area contributed by atoms with E-state index in [0.717, 1.165) is 24.7 Å². The summed E-state index contributed by atoms with van der Waals surface area (Å²) in [7, 11) is 0.